The second-order valence-corrected chi connectivity index (χ2v) is 6.20. The molecule has 0 aliphatic carbocycles. The Balaban J connectivity index is 1.82. The molecule has 3 amide bonds. The minimum Gasteiger partial charge on any atom is -0.444 e. The van der Waals surface area contributed by atoms with E-state index < -0.39 is 18.1 Å². The van der Waals surface area contributed by atoms with Gasteiger partial charge in [0.15, 0.2) is 0 Å². The van der Waals surface area contributed by atoms with Gasteiger partial charge in [-0.3, -0.25) is 4.79 Å². The molecule has 0 unspecified atom stereocenters. The third kappa shape index (κ3) is 4.86. The van der Waals surface area contributed by atoms with Gasteiger partial charge in [0, 0.05) is 24.3 Å². The van der Waals surface area contributed by atoms with Gasteiger partial charge < -0.3 is 25.4 Å². The van der Waals surface area contributed by atoms with E-state index in [-0.39, 0.29) is 11.5 Å². The molecule has 28 heavy (non-hydrogen) atoms. The molecule has 0 bridgehead atoms. The second-order valence-electron chi connectivity index (χ2n) is 6.20. The normalized spacial score (nSPS) is 14.8. The SMILES string of the molecule is NC(=O)Nc1cccc(C(=O)O[C@H](C(=O)N2CCOCC2)c2ccccc2)c1. The summed E-state index contributed by atoms with van der Waals surface area (Å²) >= 11 is 0. The number of esters is 1. The van der Waals surface area contributed by atoms with Crippen LogP contribution in [0.4, 0.5) is 10.5 Å². The van der Waals surface area contributed by atoms with Crippen molar-refractivity contribution >= 4 is 23.6 Å². The minimum absolute atomic E-state index is 0.196. The van der Waals surface area contributed by atoms with Gasteiger partial charge in [0.05, 0.1) is 18.8 Å². The third-order valence-corrected chi connectivity index (χ3v) is 4.24. The van der Waals surface area contributed by atoms with Crippen LogP contribution in [0.3, 0.4) is 0 Å². The first kappa shape index (κ1) is 19.4. The number of nitrogens with two attached hydrogens (primary N) is 1. The lowest BCUT2D eigenvalue weighted by Crippen LogP contribution is -2.44. The summed E-state index contributed by atoms with van der Waals surface area (Å²) in [5, 5.41) is 2.40. The van der Waals surface area contributed by atoms with Crippen molar-refractivity contribution in [3.05, 3.63) is 65.7 Å². The topological polar surface area (TPSA) is 111 Å². The van der Waals surface area contributed by atoms with Gasteiger partial charge in [-0.2, -0.15) is 0 Å². The summed E-state index contributed by atoms with van der Waals surface area (Å²) in [4.78, 5) is 38.3. The highest BCUT2D eigenvalue weighted by molar-refractivity contribution is 5.95. The van der Waals surface area contributed by atoms with E-state index in [0.29, 0.717) is 37.6 Å². The van der Waals surface area contributed by atoms with Crippen molar-refractivity contribution in [1.29, 1.82) is 0 Å². The van der Waals surface area contributed by atoms with E-state index in [9.17, 15) is 14.4 Å². The van der Waals surface area contributed by atoms with E-state index >= 15 is 0 Å². The molecule has 146 valence electrons. The number of primary amides is 1. The molecule has 1 aliphatic heterocycles. The second kappa shape index (κ2) is 9.01. The average molecular weight is 383 g/mol. The maximum absolute atomic E-state index is 13.0. The number of ether oxygens (including phenoxy) is 2. The summed E-state index contributed by atoms with van der Waals surface area (Å²) in [5.41, 5.74) is 6.24. The highest BCUT2D eigenvalue weighted by Crippen LogP contribution is 2.23. The Kier molecular flexibility index (Phi) is 6.23. The summed E-state index contributed by atoms with van der Waals surface area (Å²) in [6.45, 7) is 1.78. The smallest absolute Gasteiger partial charge is 0.339 e. The molecule has 8 nitrogen and oxygen atoms in total. The molecule has 0 spiro atoms. The van der Waals surface area contributed by atoms with Crippen molar-refractivity contribution in [1.82, 2.24) is 4.90 Å². The number of carbonyl (C=O) groups is 3. The fraction of sp³-hybridized carbons (Fsp3) is 0.250. The maximum Gasteiger partial charge on any atom is 0.339 e. The van der Waals surface area contributed by atoms with E-state index in [1.165, 1.54) is 12.1 Å². The molecule has 1 aliphatic rings. The summed E-state index contributed by atoms with van der Waals surface area (Å²) in [7, 11) is 0. The van der Waals surface area contributed by atoms with Gasteiger partial charge in [-0.25, -0.2) is 9.59 Å². The van der Waals surface area contributed by atoms with Crippen molar-refractivity contribution < 1.29 is 23.9 Å². The Hall–Kier alpha value is -3.39. The Morgan fingerprint density at radius 2 is 1.75 bits per heavy atom. The van der Waals surface area contributed by atoms with Crippen LogP contribution in [0, 0.1) is 0 Å². The van der Waals surface area contributed by atoms with Crippen LogP contribution < -0.4 is 11.1 Å². The molecular weight excluding hydrogens is 362 g/mol. The van der Waals surface area contributed by atoms with Crippen LogP contribution >= 0.6 is 0 Å². The zero-order valence-electron chi connectivity index (χ0n) is 15.2. The molecule has 1 fully saturated rings. The highest BCUT2D eigenvalue weighted by Gasteiger charge is 2.30. The van der Waals surface area contributed by atoms with Crippen molar-refractivity contribution in [3.63, 3.8) is 0 Å². The number of urea groups is 1. The van der Waals surface area contributed by atoms with Gasteiger partial charge in [0.2, 0.25) is 6.10 Å². The van der Waals surface area contributed by atoms with Crippen LogP contribution in [0.25, 0.3) is 0 Å². The molecule has 8 heteroatoms. The van der Waals surface area contributed by atoms with Gasteiger partial charge in [0.25, 0.3) is 5.91 Å². The molecule has 0 aromatic heterocycles. The fourth-order valence-corrected chi connectivity index (χ4v) is 2.88. The maximum atomic E-state index is 13.0. The average Bonchev–Trinajstić information content (AvgIpc) is 2.72. The highest BCUT2D eigenvalue weighted by atomic mass is 16.5. The lowest BCUT2D eigenvalue weighted by atomic mass is 10.1. The number of nitrogens with zero attached hydrogens (tertiary/aromatic N) is 1. The van der Waals surface area contributed by atoms with Crippen LogP contribution in [-0.2, 0) is 14.3 Å². The summed E-state index contributed by atoms with van der Waals surface area (Å²) in [5.74, 6) is -0.974. The van der Waals surface area contributed by atoms with Gasteiger partial charge in [0.1, 0.15) is 0 Å². The monoisotopic (exact) mass is 383 g/mol. The first-order valence-electron chi connectivity index (χ1n) is 8.83. The summed E-state index contributed by atoms with van der Waals surface area (Å²) in [6, 6.07) is 14.3. The standard InChI is InChI=1S/C20H21N3O5/c21-20(26)22-16-8-4-7-15(13-16)19(25)28-17(14-5-2-1-3-6-14)18(24)23-9-11-27-12-10-23/h1-8,13,17H,9-12H2,(H3,21,22,26)/t17-/m0/s1. The first-order valence-corrected chi connectivity index (χ1v) is 8.83. The zero-order valence-corrected chi connectivity index (χ0v) is 15.2. The molecule has 1 saturated heterocycles. The zero-order chi connectivity index (χ0) is 19.9. The Morgan fingerprint density at radius 3 is 2.43 bits per heavy atom. The van der Waals surface area contributed by atoms with E-state index in [4.69, 9.17) is 15.2 Å². The Labute approximate surface area is 162 Å². The number of hydrogen-bond donors (Lipinski definition) is 2. The summed E-state index contributed by atoms with van der Waals surface area (Å²) < 4.78 is 10.9. The van der Waals surface area contributed by atoms with Crippen molar-refractivity contribution in [3.8, 4) is 0 Å². The third-order valence-electron chi connectivity index (χ3n) is 4.24. The molecule has 3 rings (SSSR count). The predicted molar refractivity (Wildman–Crippen MR) is 102 cm³/mol. The molecule has 1 atom stereocenters. The first-order chi connectivity index (χ1) is 13.5. The van der Waals surface area contributed by atoms with Crippen molar-refractivity contribution in [2.75, 3.05) is 31.6 Å². The molecule has 0 radical (unpaired) electrons. The van der Waals surface area contributed by atoms with Crippen LogP contribution in [-0.4, -0.2) is 49.1 Å². The fourth-order valence-electron chi connectivity index (χ4n) is 2.88. The molecule has 0 saturated carbocycles. The molecule has 3 N–H and O–H groups in total. The van der Waals surface area contributed by atoms with E-state index in [2.05, 4.69) is 5.32 Å². The Bertz CT molecular complexity index is 850. The number of hydrogen-bond acceptors (Lipinski definition) is 5. The number of carbonyl (C=O) groups excluding carboxylic acids is 3. The van der Waals surface area contributed by atoms with Gasteiger partial charge in [-0.1, -0.05) is 36.4 Å². The van der Waals surface area contributed by atoms with Gasteiger partial charge >= 0.3 is 12.0 Å². The van der Waals surface area contributed by atoms with Crippen LogP contribution in [0.1, 0.15) is 22.0 Å². The van der Waals surface area contributed by atoms with E-state index in [1.54, 1.807) is 41.3 Å². The van der Waals surface area contributed by atoms with E-state index in [0.717, 1.165) is 0 Å². The van der Waals surface area contributed by atoms with Crippen molar-refractivity contribution in [2.24, 2.45) is 5.73 Å². The van der Waals surface area contributed by atoms with Gasteiger partial charge in [-0.05, 0) is 18.2 Å². The number of amides is 3. The lowest BCUT2D eigenvalue weighted by Gasteiger charge is -2.30. The molecular formula is C20H21N3O5. The molecule has 2 aromatic rings. The number of morpholine rings is 1. The number of rotatable bonds is 5. The van der Waals surface area contributed by atoms with Crippen LogP contribution in [0.2, 0.25) is 0 Å². The van der Waals surface area contributed by atoms with E-state index in [1.807, 2.05) is 6.07 Å². The van der Waals surface area contributed by atoms with Crippen LogP contribution in [0.5, 0.6) is 0 Å². The predicted octanol–water partition coefficient (Wildman–Crippen LogP) is 1.93. The van der Waals surface area contributed by atoms with Crippen LogP contribution in [0.15, 0.2) is 54.6 Å². The Morgan fingerprint density at radius 1 is 1.04 bits per heavy atom. The number of nitrogens with one attached hydrogen (secondary N) is 1. The molecule has 1 heterocycles. The minimum atomic E-state index is -1.07. The number of benzene rings is 2. The lowest BCUT2D eigenvalue weighted by molar-refractivity contribution is -0.145. The molecule has 2 aromatic carbocycles. The van der Waals surface area contributed by atoms with Crippen molar-refractivity contribution in [2.45, 2.75) is 6.10 Å². The summed E-state index contributed by atoms with van der Waals surface area (Å²) in [6.07, 6.45) is -1.07. The largest absolute Gasteiger partial charge is 0.444 e. The van der Waals surface area contributed by atoms with Gasteiger partial charge in [-0.15, -0.1) is 0 Å². The quantitative estimate of drug-likeness (QED) is 0.767. The number of anilines is 1.